The van der Waals surface area contributed by atoms with Crippen molar-refractivity contribution in [2.75, 3.05) is 5.32 Å². The van der Waals surface area contributed by atoms with Crippen LogP contribution in [0.25, 0.3) is 0 Å². The molecule has 0 aliphatic heterocycles. The molecule has 2 aromatic rings. The van der Waals surface area contributed by atoms with E-state index in [0.717, 1.165) is 10.0 Å². The molecule has 0 spiro atoms. The maximum Gasteiger partial charge on any atom is 0.244 e. The van der Waals surface area contributed by atoms with Gasteiger partial charge >= 0.3 is 0 Å². The number of carbonyl (C=O) groups excluding carboxylic acids is 1. The van der Waals surface area contributed by atoms with Gasteiger partial charge in [0.25, 0.3) is 0 Å². The van der Waals surface area contributed by atoms with Crippen LogP contribution in [0.2, 0.25) is 5.02 Å². The second-order valence-electron chi connectivity index (χ2n) is 3.98. The summed E-state index contributed by atoms with van der Waals surface area (Å²) in [6, 6.07) is 14.0. The molecule has 0 saturated carbocycles. The minimum Gasteiger partial charge on any atom is -0.369 e. The second-order valence-corrected chi connectivity index (χ2v) is 5.24. The zero-order valence-electron chi connectivity index (χ0n) is 9.94. The van der Waals surface area contributed by atoms with E-state index in [2.05, 4.69) is 21.2 Å². The maximum atomic E-state index is 11.7. The Morgan fingerprint density at radius 3 is 2.42 bits per heavy atom. The van der Waals surface area contributed by atoms with Crippen molar-refractivity contribution in [2.24, 2.45) is 5.73 Å². The molecule has 1 amide bonds. The van der Waals surface area contributed by atoms with Gasteiger partial charge in [-0.25, -0.2) is 0 Å². The summed E-state index contributed by atoms with van der Waals surface area (Å²) < 4.78 is 0.818. The number of para-hydroxylation sites is 1. The van der Waals surface area contributed by atoms with E-state index in [1.165, 1.54) is 0 Å². The van der Waals surface area contributed by atoms with Gasteiger partial charge in [-0.2, -0.15) is 0 Å². The quantitative estimate of drug-likeness (QED) is 0.891. The molecule has 3 N–H and O–H groups in total. The number of anilines is 1. The van der Waals surface area contributed by atoms with Crippen molar-refractivity contribution >= 4 is 39.1 Å². The second kappa shape index (κ2) is 6.08. The number of nitrogens with two attached hydrogens (primary N) is 1. The largest absolute Gasteiger partial charge is 0.369 e. The summed E-state index contributed by atoms with van der Waals surface area (Å²) in [5.41, 5.74) is 6.91. The number of benzene rings is 2. The van der Waals surface area contributed by atoms with Gasteiger partial charge in [-0.1, -0.05) is 57.9 Å². The van der Waals surface area contributed by atoms with Crippen molar-refractivity contribution in [1.82, 2.24) is 0 Å². The van der Waals surface area contributed by atoms with E-state index in [0.29, 0.717) is 10.7 Å². The number of hydrogen-bond acceptors (Lipinski definition) is 2. The van der Waals surface area contributed by atoms with Crippen LogP contribution in [0, 0.1) is 0 Å². The molecule has 0 heterocycles. The molecule has 19 heavy (non-hydrogen) atoms. The van der Waals surface area contributed by atoms with Gasteiger partial charge in [0.1, 0.15) is 6.04 Å². The van der Waals surface area contributed by atoms with Crippen LogP contribution in [-0.2, 0) is 4.79 Å². The summed E-state index contributed by atoms with van der Waals surface area (Å²) in [4.78, 5) is 11.7. The third-order valence-electron chi connectivity index (χ3n) is 2.67. The molecule has 0 radical (unpaired) electrons. The Bertz CT molecular complexity index is 604. The monoisotopic (exact) mass is 338 g/mol. The van der Waals surface area contributed by atoms with Crippen LogP contribution in [0.3, 0.4) is 0 Å². The first-order valence-electron chi connectivity index (χ1n) is 5.64. The molecule has 2 rings (SSSR count). The molecular formula is C14H12BrClN2O. The topological polar surface area (TPSA) is 55.1 Å². The highest BCUT2D eigenvalue weighted by Gasteiger charge is 2.20. The summed E-state index contributed by atoms with van der Waals surface area (Å²) >= 11 is 9.49. The van der Waals surface area contributed by atoms with Crippen LogP contribution in [0.1, 0.15) is 11.6 Å². The zero-order chi connectivity index (χ0) is 13.8. The summed E-state index contributed by atoms with van der Waals surface area (Å²) in [6.45, 7) is 0. The number of carbonyl (C=O) groups is 1. The lowest BCUT2D eigenvalue weighted by molar-refractivity contribution is -0.118. The van der Waals surface area contributed by atoms with E-state index >= 15 is 0 Å². The van der Waals surface area contributed by atoms with Crippen molar-refractivity contribution in [3.63, 3.8) is 0 Å². The Morgan fingerprint density at radius 1 is 1.16 bits per heavy atom. The minimum atomic E-state index is -0.643. The first-order valence-corrected chi connectivity index (χ1v) is 6.81. The van der Waals surface area contributed by atoms with Gasteiger partial charge in [0.2, 0.25) is 5.91 Å². The molecule has 1 unspecified atom stereocenters. The van der Waals surface area contributed by atoms with E-state index in [-0.39, 0.29) is 0 Å². The number of nitrogens with one attached hydrogen (secondary N) is 1. The molecule has 0 saturated heterocycles. The van der Waals surface area contributed by atoms with Crippen LogP contribution in [-0.4, -0.2) is 5.91 Å². The van der Waals surface area contributed by atoms with Crippen LogP contribution < -0.4 is 11.1 Å². The number of halogens is 2. The highest BCUT2D eigenvalue weighted by atomic mass is 79.9. The number of amides is 1. The van der Waals surface area contributed by atoms with Gasteiger partial charge < -0.3 is 11.1 Å². The molecule has 0 aliphatic carbocycles. The summed E-state index contributed by atoms with van der Waals surface area (Å²) in [6.07, 6.45) is 0. The summed E-state index contributed by atoms with van der Waals surface area (Å²) in [5, 5.41) is 3.61. The fourth-order valence-corrected chi connectivity index (χ4v) is 2.45. The number of hydrogen-bond donors (Lipinski definition) is 2. The zero-order valence-corrected chi connectivity index (χ0v) is 12.3. The first-order chi connectivity index (χ1) is 9.09. The van der Waals surface area contributed by atoms with E-state index in [4.69, 9.17) is 17.3 Å². The van der Waals surface area contributed by atoms with Gasteiger partial charge in [-0.15, -0.1) is 0 Å². The molecular weight excluding hydrogens is 328 g/mol. The lowest BCUT2D eigenvalue weighted by Crippen LogP contribution is -2.28. The average Bonchev–Trinajstić information content (AvgIpc) is 2.38. The predicted octanol–water partition coefficient (Wildman–Crippen LogP) is 3.74. The summed E-state index contributed by atoms with van der Waals surface area (Å²) in [7, 11) is 0. The third kappa shape index (κ3) is 3.28. The van der Waals surface area contributed by atoms with Gasteiger partial charge in [-0.3, -0.25) is 4.79 Å². The Kier molecular flexibility index (Phi) is 4.45. The normalized spacial score (nSPS) is 11.9. The van der Waals surface area contributed by atoms with Crippen molar-refractivity contribution in [3.05, 3.63) is 63.6 Å². The van der Waals surface area contributed by atoms with E-state index in [1.807, 2.05) is 36.4 Å². The van der Waals surface area contributed by atoms with Crippen molar-refractivity contribution < 1.29 is 4.79 Å². The highest BCUT2D eigenvalue weighted by molar-refractivity contribution is 9.10. The van der Waals surface area contributed by atoms with Gasteiger partial charge in [0, 0.05) is 4.47 Å². The molecule has 3 nitrogen and oxygen atoms in total. The van der Waals surface area contributed by atoms with Crippen LogP contribution >= 0.6 is 27.5 Å². The minimum absolute atomic E-state index is 0.466. The Balaban J connectivity index is 2.35. The van der Waals surface area contributed by atoms with Gasteiger partial charge in [-0.05, 0) is 23.8 Å². The van der Waals surface area contributed by atoms with E-state index < -0.39 is 11.9 Å². The lowest BCUT2D eigenvalue weighted by Gasteiger charge is -2.19. The van der Waals surface area contributed by atoms with Crippen molar-refractivity contribution in [3.8, 4) is 0 Å². The number of primary amides is 1. The molecule has 1 atom stereocenters. The van der Waals surface area contributed by atoms with Crippen LogP contribution in [0.4, 0.5) is 5.69 Å². The third-order valence-corrected chi connectivity index (χ3v) is 3.73. The Morgan fingerprint density at radius 2 is 1.79 bits per heavy atom. The first kappa shape index (κ1) is 13.9. The Labute approximate surface area is 124 Å². The van der Waals surface area contributed by atoms with E-state index in [9.17, 15) is 4.79 Å². The van der Waals surface area contributed by atoms with E-state index in [1.54, 1.807) is 12.1 Å². The van der Waals surface area contributed by atoms with Gasteiger partial charge in [0.05, 0.1) is 10.7 Å². The van der Waals surface area contributed by atoms with Crippen molar-refractivity contribution in [2.45, 2.75) is 6.04 Å². The standard InChI is InChI=1S/C14H12BrClN2O/c15-10-6-2-1-5-9(10)13(14(17)19)18-12-8-4-3-7-11(12)16/h1-8,13,18H,(H2,17,19). The summed E-state index contributed by atoms with van der Waals surface area (Å²) in [5.74, 6) is -0.466. The Hall–Kier alpha value is -1.52. The molecule has 0 bridgehead atoms. The maximum absolute atomic E-state index is 11.7. The highest BCUT2D eigenvalue weighted by Crippen LogP contribution is 2.29. The van der Waals surface area contributed by atoms with Crippen LogP contribution in [0.15, 0.2) is 53.0 Å². The molecule has 0 aliphatic rings. The molecule has 98 valence electrons. The van der Waals surface area contributed by atoms with Gasteiger partial charge in [0.15, 0.2) is 0 Å². The average molecular weight is 340 g/mol. The molecule has 0 fully saturated rings. The fourth-order valence-electron chi connectivity index (χ4n) is 1.75. The molecule has 0 aromatic heterocycles. The SMILES string of the molecule is NC(=O)C(Nc1ccccc1Cl)c1ccccc1Br. The molecule has 5 heteroatoms. The lowest BCUT2D eigenvalue weighted by atomic mass is 10.1. The van der Waals surface area contributed by atoms with Crippen molar-refractivity contribution in [1.29, 1.82) is 0 Å². The smallest absolute Gasteiger partial charge is 0.244 e. The predicted molar refractivity (Wildman–Crippen MR) is 81.2 cm³/mol. The van der Waals surface area contributed by atoms with Crippen LogP contribution in [0.5, 0.6) is 0 Å². The molecule has 2 aromatic carbocycles. The fraction of sp³-hybridized carbons (Fsp3) is 0.0714. The number of rotatable bonds is 4.